The fourth-order valence-corrected chi connectivity index (χ4v) is 1.90. The molecule has 2 aromatic heterocycles. The number of hydrogen-bond donors (Lipinski definition) is 1. The van der Waals surface area contributed by atoms with Crippen LogP contribution in [0.3, 0.4) is 0 Å². The predicted octanol–water partition coefficient (Wildman–Crippen LogP) is 3.02. The summed E-state index contributed by atoms with van der Waals surface area (Å²) >= 11 is 11.6. The Labute approximate surface area is 120 Å². The zero-order chi connectivity index (χ0) is 13.8. The summed E-state index contributed by atoms with van der Waals surface area (Å²) in [6.45, 7) is 2.27. The van der Waals surface area contributed by atoms with Crippen LogP contribution in [-0.4, -0.2) is 15.9 Å². The molecular weight excluding hydrogens is 285 g/mol. The van der Waals surface area contributed by atoms with Crippen LogP contribution in [0.5, 0.6) is 0 Å². The molecule has 0 aliphatic rings. The van der Waals surface area contributed by atoms with Gasteiger partial charge in [0, 0.05) is 12.4 Å². The van der Waals surface area contributed by atoms with Crippen molar-refractivity contribution in [3.8, 4) is 0 Å². The highest BCUT2D eigenvalue weighted by atomic mass is 35.5. The lowest BCUT2D eigenvalue weighted by atomic mass is 10.2. The number of carbonyl (C=O) groups is 1. The summed E-state index contributed by atoms with van der Waals surface area (Å²) in [7, 11) is 0. The maximum atomic E-state index is 12.0. The summed E-state index contributed by atoms with van der Waals surface area (Å²) in [5.74, 6) is -0.306. The molecule has 2 rings (SSSR count). The van der Waals surface area contributed by atoms with Gasteiger partial charge in [-0.05, 0) is 24.6 Å². The lowest BCUT2D eigenvalue weighted by molar-refractivity contribution is 0.0950. The zero-order valence-electron chi connectivity index (χ0n) is 10.2. The minimum atomic E-state index is -0.306. The van der Waals surface area contributed by atoms with Crippen LogP contribution in [0, 0.1) is 6.92 Å². The van der Waals surface area contributed by atoms with Crippen LogP contribution in [0.2, 0.25) is 10.2 Å². The summed E-state index contributed by atoms with van der Waals surface area (Å²) in [6.07, 6.45) is 3.04. The van der Waals surface area contributed by atoms with Crippen LogP contribution in [0.1, 0.15) is 21.6 Å². The molecule has 2 heterocycles. The third-order valence-corrected chi connectivity index (χ3v) is 3.11. The Morgan fingerprint density at radius 2 is 2.16 bits per heavy atom. The molecule has 1 amide bonds. The van der Waals surface area contributed by atoms with E-state index in [2.05, 4.69) is 15.3 Å². The number of nitrogens with one attached hydrogen (secondary N) is 1. The lowest BCUT2D eigenvalue weighted by Gasteiger charge is -2.08. The normalized spacial score (nSPS) is 10.3. The molecule has 0 atom stereocenters. The maximum Gasteiger partial charge on any atom is 0.253 e. The van der Waals surface area contributed by atoms with Gasteiger partial charge >= 0.3 is 0 Å². The number of nitrogens with zero attached hydrogens (tertiary/aromatic N) is 2. The first-order valence-electron chi connectivity index (χ1n) is 5.57. The highest BCUT2D eigenvalue weighted by molar-refractivity contribution is 6.35. The van der Waals surface area contributed by atoms with Crippen molar-refractivity contribution in [3.63, 3.8) is 0 Å². The molecular formula is C13H11Cl2N3O. The van der Waals surface area contributed by atoms with Crippen LogP contribution >= 0.6 is 23.2 Å². The van der Waals surface area contributed by atoms with Gasteiger partial charge in [-0.2, -0.15) is 0 Å². The van der Waals surface area contributed by atoms with Crippen molar-refractivity contribution in [2.45, 2.75) is 13.5 Å². The van der Waals surface area contributed by atoms with Gasteiger partial charge in [0.1, 0.15) is 5.15 Å². The van der Waals surface area contributed by atoms with E-state index in [1.54, 1.807) is 6.20 Å². The van der Waals surface area contributed by atoms with Crippen LogP contribution < -0.4 is 5.32 Å². The number of amides is 1. The SMILES string of the molecule is Cc1cccnc1CNC(=O)c1cc(Cl)ncc1Cl. The van der Waals surface area contributed by atoms with Crippen molar-refractivity contribution in [2.24, 2.45) is 0 Å². The van der Waals surface area contributed by atoms with Crippen molar-refractivity contribution >= 4 is 29.1 Å². The Hall–Kier alpha value is -1.65. The molecule has 0 fully saturated rings. The first kappa shape index (κ1) is 13.8. The number of carbonyl (C=O) groups excluding carboxylic acids is 1. The average Bonchev–Trinajstić information content (AvgIpc) is 2.40. The van der Waals surface area contributed by atoms with Crippen LogP contribution in [0.4, 0.5) is 0 Å². The Kier molecular flexibility index (Phi) is 4.35. The van der Waals surface area contributed by atoms with Gasteiger partial charge in [0.05, 0.1) is 22.8 Å². The quantitative estimate of drug-likeness (QED) is 0.886. The molecule has 0 radical (unpaired) electrons. The third kappa shape index (κ3) is 3.43. The molecule has 0 spiro atoms. The second kappa shape index (κ2) is 5.99. The van der Waals surface area contributed by atoms with Crippen molar-refractivity contribution in [3.05, 3.63) is 57.6 Å². The number of pyridine rings is 2. The average molecular weight is 296 g/mol. The Bertz CT molecular complexity index is 617. The molecule has 0 saturated carbocycles. The van der Waals surface area contributed by atoms with E-state index in [0.29, 0.717) is 12.1 Å². The lowest BCUT2D eigenvalue weighted by Crippen LogP contribution is -2.24. The molecule has 0 aromatic carbocycles. The molecule has 0 saturated heterocycles. The van der Waals surface area contributed by atoms with Crippen LogP contribution in [-0.2, 0) is 6.54 Å². The third-order valence-electron chi connectivity index (χ3n) is 2.60. The van der Waals surface area contributed by atoms with Crippen LogP contribution in [0.15, 0.2) is 30.6 Å². The Morgan fingerprint density at radius 1 is 1.37 bits per heavy atom. The molecule has 6 heteroatoms. The first-order valence-corrected chi connectivity index (χ1v) is 6.33. The zero-order valence-corrected chi connectivity index (χ0v) is 11.7. The van der Waals surface area contributed by atoms with Gasteiger partial charge in [-0.3, -0.25) is 9.78 Å². The second-order valence-corrected chi connectivity index (χ2v) is 4.73. The first-order chi connectivity index (χ1) is 9.08. The molecule has 19 heavy (non-hydrogen) atoms. The van der Waals surface area contributed by atoms with E-state index in [-0.39, 0.29) is 16.1 Å². The van der Waals surface area contributed by atoms with Gasteiger partial charge in [0.25, 0.3) is 5.91 Å². The Morgan fingerprint density at radius 3 is 2.89 bits per heavy atom. The molecule has 0 unspecified atom stereocenters. The number of aromatic nitrogens is 2. The predicted molar refractivity (Wildman–Crippen MR) is 74.4 cm³/mol. The van der Waals surface area contributed by atoms with Gasteiger partial charge in [0.15, 0.2) is 0 Å². The number of halogens is 2. The molecule has 2 aromatic rings. The molecule has 4 nitrogen and oxygen atoms in total. The standard InChI is InChI=1S/C13H11Cl2N3O/c1-8-3-2-4-16-11(8)7-18-13(19)9-5-12(15)17-6-10(9)14/h2-6H,7H2,1H3,(H,18,19). The molecule has 0 bridgehead atoms. The van der Waals surface area contributed by atoms with E-state index < -0.39 is 0 Å². The summed E-state index contributed by atoms with van der Waals surface area (Å²) in [5, 5.41) is 3.24. The van der Waals surface area contributed by atoms with Crippen molar-refractivity contribution in [2.75, 3.05) is 0 Å². The Balaban J connectivity index is 2.10. The van der Waals surface area contributed by atoms with Crippen molar-refractivity contribution < 1.29 is 4.79 Å². The highest BCUT2D eigenvalue weighted by Gasteiger charge is 2.12. The molecule has 0 aliphatic heterocycles. The smallest absolute Gasteiger partial charge is 0.253 e. The van der Waals surface area contributed by atoms with E-state index in [1.807, 2.05) is 19.1 Å². The number of rotatable bonds is 3. The molecule has 0 aliphatic carbocycles. The molecule has 1 N–H and O–H groups in total. The second-order valence-electron chi connectivity index (χ2n) is 3.94. The largest absolute Gasteiger partial charge is 0.346 e. The number of hydrogen-bond acceptors (Lipinski definition) is 3. The number of aryl methyl sites for hydroxylation is 1. The van der Waals surface area contributed by atoms with Crippen molar-refractivity contribution in [1.29, 1.82) is 0 Å². The maximum absolute atomic E-state index is 12.0. The van der Waals surface area contributed by atoms with E-state index in [1.165, 1.54) is 12.3 Å². The summed E-state index contributed by atoms with van der Waals surface area (Å²) in [4.78, 5) is 20.0. The summed E-state index contributed by atoms with van der Waals surface area (Å²) in [6, 6.07) is 5.22. The fraction of sp³-hybridized carbons (Fsp3) is 0.154. The minimum absolute atomic E-state index is 0.226. The van der Waals surface area contributed by atoms with E-state index in [0.717, 1.165) is 11.3 Å². The highest BCUT2D eigenvalue weighted by Crippen LogP contribution is 2.18. The van der Waals surface area contributed by atoms with E-state index >= 15 is 0 Å². The minimum Gasteiger partial charge on any atom is -0.346 e. The van der Waals surface area contributed by atoms with Gasteiger partial charge in [-0.1, -0.05) is 29.3 Å². The van der Waals surface area contributed by atoms with Gasteiger partial charge in [0.2, 0.25) is 0 Å². The summed E-state index contributed by atoms with van der Waals surface area (Å²) in [5.41, 5.74) is 2.13. The molecule has 98 valence electrons. The van der Waals surface area contributed by atoms with Gasteiger partial charge < -0.3 is 5.32 Å². The van der Waals surface area contributed by atoms with Gasteiger partial charge in [-0.25, -0.2) is 4.98 Å². The monoisotopic (exact) mass is 295 g/mol. The van der Waals surface area contributed by atoms with Crippen molar-refractivity contribution in [1.82, 2.24) is 15.3 Å². The van der Waals surface area contributed by atoms with E-state index in [4.69, 9.17) is 23.2 Å². The topological polar surface area (TPSA) is 54.9 Å². The fourth-order valence-electron chi connectivity index (χ4n) is 1.55. The summed E-state index contributed by atoms with van der Waals surface area (Å²) < 4.78 is 0. The van der Waals surface area contributed by atoms with Crippen LogP contribution in [0.25, 0.3) is 0 Å². The van der Waals surface area contributed by atoms with E-state index in [9.17, 15) is 4.79 Å². The van der Waals surface area contributed by atoms with Gasteiger partial charge in [-0.15, -0.1) is 0 Å².